The zero-order valence-corrected chi connectivity index (χ0v) is 9.57. The van der Waals surface area contributed by atoms with Crippen molar-refractivity contribution in [3.05, 3.63) is 35.5 Å². The van der Waals surface area contributed by atoms with E-state index in [0.717, 1.165) is 5.56 Å². The Labute approximate surface area is 97.8 Å². The van der Waals surface area contributed by atoms with Crippen LogP contribution in [0.1, 0.15) is 24.4 Å². The number of rotatable bonds is 3. The van der Waals surface area contributed by atoms with Gasteiger partial charge in [0.1, 0.15) is 5.82 Å². The van der Waals surface area contributed by atoms with Crippen LogP contribution in [0.25, 0.3) is 0 Å². The normalized spacial score (nSPS) is 12.5. The average Bonchev–Trinajstić information content (AvgIpc) is 2.72. The number of nitrogens with one attached hydrogen (secondary N) is 1. The van der Waals surface area contributed by atoms with E-state index in [4.69, 9.17) is 10.2 Å². The second kappa shape index (κ2) is 4.50. The van der Waals surface area contributed by atoms with Gasteiger partial charge in [0.15, 0.2) is 0 Å². The Morgan fingerprint density at radius 1 is 1.41 bits per heavy atom. The Hall–Kier alpha value is -1.95. The highest BCUT2D eigenvalue weighted by molar-refractivity contribution is 5.54. The minimum absolute atomic E-state index is 0.127. The van der Waals surface area contributed by atoms with Crippen molar-refractivity contribution in [1.82, 2.24) is 10.2 Å². The lowest BCUT2D eigenvalue weighted by Gasteiger charge is -2.03. The fourth-order valence-electron chi connectivity index (χ4n) is 1.32. The van der Waals surface area contributed by atoms with E-state index < -0.39 is 0 Å². The second-order valence-electron chi connectivity index (χ2n) is 3.84. The van der Waals surface area contributed by atoms with Crippen molar-refractivity contribution in [2.75, 3.05) is 5.32 Å². The summed E-state index contributed by atoms with van der Waals surface area (Å²) in [5, 5.41) is 10.2. The standard InChI is InChI=1S/C11H13FN4O/c1-6-3-4-8(12)9(5-6)14-11-16-15-10(17-11)7(2)13/h3-5,7H,13H2,1-2H3,(H,14,16). The van der Waals surface area contributed by atoms with Crippen LogP contribution in [0.15, 0.2) is 22.6 Å². The Morgan fingerprint density at radius 3 is 2.82 bits per heavy atom. The lowest BCUT2D eigenvalue weighted by Crippen LogP contribution is -2.04. The first kappa shape index (κ1) is 11.5. The molecular formula is C11H13FN4O. The molecule has 3 N–H and O–H groups in total. The van der Waals surface area contributed by atoms with Gasteiger partial charge in [-0.3, -0.25) is 0 Å². The minimum Gasteiger partial charge on any atom is -0.406 e. The van der Waals surface area contributed by atoms with Gasteiger partial charge in [-0.05, 0) is 31.5 Å². The Bertz CT molecular complexity index is 524. The molecular weight excluding hydrogens is 223 g/mol. The summed E-state index contributed by atoms with van der Waals surface area (Å²) in [5.41, 5.74) is 6.80. The van der Waals surface area contributed by atoms with Crippen LogP contribution in [-0.4, -0.2) is 10.2 Å². The lowest BCUT2D eigenvalue weighted by atomic mass is 10.2. The van der Waals surface area contributed by atoms with E-state index in [-0.39, 0.29) is 17.9 Å². The SMILES string of the molecule is Cc1ccc(F)c(Nc2nnc(C(C)N)o2)c1. The molecule has 0 aliphatic carbocycles. The molecule has 6 heteroatoms. The number of nitrogens with zero attached hydrogens (tertiary/aromatic N) is 2. The average molecular weight is 236 g/mol. The van der Waals surface area contributed by atoms with Crippen LogP contribution in [0.2, 0.25) is 0 Å². The van der Waals surface area contributed by atoms with Gasteiger partial charge in [-0.1, -0.05) is 11.2 Å². The maximum Gasteiger partial charge on any atom is 0.320 e. The summed E-state index contributed by atoms with van der Waals surface area (Å²) >= 11 is 0. The quantitative estimate of drug-likeness (QED) is 0.854. The summed E-state index contributed by atoms with van der Waals surface area (Å²) in [5.74, 6) is -0.0725. The largest absolute Gasteiger partial charge is 0.406 e. The number of benzene rings is 1. The lowest BCUT2D eigenvalue weighted by molar-refractivity contribution is 0.475. The van der Waals surface area contributed by atoms with Gasteiger partial charge in [-0.2, -0.15) is 0 Å². The molecule has 5 nitrogen and oxygen atoms in total. The molecule has 0 bridgehead atoms. The van der Waals surface area contributed by atoms with E-state index in [1.807, 2.05) is 6.92 Å². The van der Waals surface area contributed by atoms with Crippen molar-refractivity contribution >= 4 is 11.7 Å². The molecule has 0 aliphatic rings. The fraction of sp³-hybridized carbons (Fsp3) is 0.273. The molecule has 0 spiro atoms. The summed E-state index contributed by atoms with van der Waals surface area (Å²) in [7, 11) is 0. The first-order valence-electron chi connectivity index (χ1n) is 5.18. The van der Waals surface area contributed by atoms with Gasteiger partial charge < -0.3 is 15.5 Å². The third kappa shape index (κ3) is 2.59. The number of halogens is 1. The molecule has 2 aromatic rings. The van der Waals surface area contributed by atoms with Crippen molar-refractivity contribution in [1.29, 1.82) is 0 Å². The third-order valence-corrected chi connectivity index (χ3v) is 2.19. The van der Waals surface area contributed by atoms with Crippen LogP contribution in [0.3, 0.4) is 0 Å². The molecule has 1 atom stereocenters. The zero-order valence-electron chi connectivity index (χ0n) is 9.57. The van der Waals surface area contributed by atoms with Gasteiger partial charge in [0.05, 0.1) is 11.7 Å². The molecule has 0 saturated heterocycles. The number of anilines is 2. The number of nitrogens with two attached hydrogens (primary N) is 1. The molecule has 1 unspecified atom stereocenters. The summed E-state index contributed by atoms with van der Waals surface area (Å²) in [6, 6.07) is 4.50. The Balaban J connectivity index is 2.22. The Morgan fingerprint density at radius 2 is 2.18 bits per heavy atom. The number of hydrogen-bond donors (Lipinski definition) is 2. The maximum absolute atomic E-state index is 13.4. The van der Waals surface area contributed by atoms with E-state index >= 15 is 0 Å². The molecule has 0 aliphatic heterocycles. The van der Waals surface area contributed by atoms with Gasteiger partial charge in [0, 0.05) is 0 Å². The fourth-order valence-corrected chi connectivity index (χ4v) is 1.32. The van der Waals surface area contributed by atoms with Crippen LogP contribution >= 0.6 is 0 Å². The van der Waals surface area contributed by atoms with Gasteiger partial charge >= 0.3 is 6.01 Å². The van der Waals surface area contributed by atoms with E-state index in [1.54, 1.807) is 19.1 Å². The topological polar surface area (TPSA) is 77.0 Å². The van der Waals surface area contributed by atoms with Crippen LogP contribution in [-0.2, 0) is 0 Å². The molecule has 0 amide bonds. The number of aromatic nitrogens is 2. The van der Waals surface area contributed by atoms with Gasteiger partial charge in [-0.25, -0.2) is 4.39 Å². The predicted octanol–water partition coefficient (Wildman–Crippen LogP) is 2.28. The number of aryl methyl sites for hydroxylation is 1. The molecule has 1 aromatic carbocycles. The van der Waals surface area contributed by atoms with E-state index in [1.165, 1.54) is 6.07 Å². The monoisotopic (exact) mass is 236 g/mol. The van der Waals surface area contributed by atoms with Crippen molar-refractivity contribution in [2.45, 2.75) is 19.9 Å². The molecule has 1 aromatic heterocycles. The smallest absolute Gasteiger partial charge is 0.320 e. The minimum atomic E-state index is -0.379. The summed E-state index contributed by atoms with van der Waals surface area (Å²) in [6.45, 7) is 3.59. The predicted molar refractivity (Wildman–Crippen MR) is 61.3 cm³/mol. The molecule has 17 heavy (non-hydrogen) atoms. The maximum atomic E-state index is 13.4. The van der Waals surface area contributed by atoms with Crippen LogP contribution in [0.5, 0.6) is 0 Å². The van der Waals surface area contributed by atoms with E-state index in [2.05, 4.69) is 15.5 Å². The Kier molecular flexibility index (Phi) is 3.06. The van der Waals surface area contributed by atoms with Gasteiger partial charge in [0.2, 0.25) is 5.89 Å². The van der Waals surface area contributed by atoms with Crippen molar-refractivity contribution in [3.8, 4) is 0 Å². The summed E-state index contributed by atoms with van der Waals surface area (Å²) < 4.78 is 18.7. The molecule has 2 rings (SSSR count). The summed E-state index contributed by atoms with van der Waals surface area (Å²) in [4.78, 5) is 0. The third-order valence-electron chi connectivity index (χ3n) is 2.19. The summed E-state index contributed by atoms with van der Waals surface area (Å²) in [6.07, 6.45) is 0. The first-order chi connectivity index (χ1) is 8.06. The first-order valence-corrected chi connectivity index (χ1v) is 5.18. The van der Waals surface area contributed by atoms with Crippen molar-refractivity contribution in [3.63, 3.8) is 0 Å². The van der Waals surface area contributed by atoms with Crippen LogP contribution < -0.4 is 11.1 Å². The van der Waals surface area contributed by atoms with Crippen LogP contribution in [0.4, 0.5) is 16.1 Å². The van der Waals surface area contributed by atoms with E-state index in [9.17, 15) is 4.39 Å². The zero-order chi connectivity index (χ0) is 12.4. The molecule has 0 radical (unpaired) electrons. The van der Waals surface area contributed by atoms with Gasteiger partial charge in [-0.15, -0.1) is 5.10 Å². The highest BCUT2D eigenvalue weighted by Crippen LogP contribution is 2.21. The second-order valence-corrected chi connectivity index (χ2v) is 3.84. The van der Waals surface area contributed by atoms with Crippen molar-refractivity contribution < 1.29 is 8.81 Å². The molecule has 0 saturated carbocycles. The highest BCUT2D eigenvalue weighted by Gasteiger charge is 2.11. The molecule has 0 fully saturated rings. The van der Waals surface area contributed by atoms with E-state index in [0.29, 0.717) is 11.6 Å². The van der Waals surface area contributed by atoms with Crippen molar-refractivity contribution in [2.24, 2.45) is 5.73 Å². The number of hydrogen-bond acceptors (Lipinski definition) is 5. The van der Waals surface area contributed by atoms with Gasteiger partial charge in [0.25, 0.3) is 0 Å². The molecule has 1 heterocycles. The molecule has 90 valence electrons. The van der Waals surface area contributed by atoms with Crippen LogP contribution in [0, 0.1) is 12.7 Å². The highest BCUT2D eigenvalue weighted by atomic mass is 19.1.